The Labute approximate surface area is 127 Å². The first-order valence-electron chi connectivity index (χ1n) is 7.13. The summed E-state index contributed by atoms with van der Waals surface area (Å²) in [6.45, 7) is 0. The van der Waals surface area contributed by atoms with Gasteiger partial charge in [0.2, 0.25) is 5.91 Å². The smallest absolute Gasteiger partial charge is 0.220 e. The van der Waals surface area contributed by atoms with Crippen molar-refractivity contribution < 1.29 is 15.0 Å². The molecule has 0 aliphatic rings. The van der Waals surface area contributed by atoms with Gasteiger partial charge in [-0.1, -0.05) is 48.5 Å². The number of carbonyl (C=O) groups is 1. The molecule has 112 valence electrons. The van der Waals surface area contributed by atoms with Crippen molar-refractivity contribution in [3.63, 3.8) is 0 Å². The molecule has 0 saturated heterocycles. The van der Waals surface area contributed by atoms with Crippen LogP contribution in [0.2, 0.25) is 0 Å². The summed E-state index contributed by atoms with van der Waals surface area (Å²) in [6, 6.07) is 17.4. The van der Waals surface area contributed by atoms with Gasteiger partial charge in [0.15, 0.2) is 0 Å². The number of amides is 1. The van der Waals surface area contributed by atoms with Crippen LogP contribution in [0, 0.1) is 0 Å². The second-order valence-electron chi connectivity index (χ2n) is 5.42. The van der Waals surface area contributed by atoms with Gasteiger partial charge in [-0.25, -0.2) is 0 Å². The van der Waals surface area contributed by atoms with Gasteiger partial charge in [0.05, 0.1) is 12.5 Å². The topological polar surface area (TPSA) is 83.6 Å². The van der Waals surface area contributed by atoms with Gasteiger partial charge in [0, 0.05) is 0 Å². The van der Waals surface area contributed by atoms with E-state index in [9.17, 15) is 15.0 Å². The minimum Gasteiger partial charge on any atom is -0.390 e. The van der Waals surface area contributed by atoms with Gasteiger partial charge in [-0.3, -0.25) is 4.79 Å². The van der Waals surface area contributed by atoms with Crippen molar-refractivity contribution >= 4 is 27.5 Å². The van der Waals surface area contributed by atoms with E-state index in [1.54, 1.807) is 0 Å². The number of aliphatic hydroxyl groups excluding tert-OH is 2. The molecular weight excluding hydrogens is 278 g/mol. The number of carbonyl (C=O) groups excluding carboxylic acids is 1. The van der Waals surface area contributed by atoms with Crippen molar-refractivity contribution in [1.82, 2.24) is 0 Å². The standard InChI is InChI=1S/C18H17NO3/c19-17(21)10-16(20)18(22)15-9-11-5-1-2-6-12(11)13-7-3-4-8-14(13)15/h1-9,16,18,20,22H,10H2,(H2,19,21). The Morgan fingerprint density at radius 1 is 0.955 bits per heavy atom. The van der Waals surface area contributed by atoms with Crippen molar-refractivity contribution in [2.45, 2.75) is 18.6 Å². The second-order valence-corrected chi connectivity index (χ2v) is 5.42. The summed E-state index contributed by atoms with van der Waals surface area (Å²) in [5, 5.41) is 24.4. The number of aliphatic hydroxyl groups is 2. The summed E-state index contributed by atoms with van der Waals surface area (Å²) in [7, 11) is 0. The van der Waals surface area contributed by atoms with Gasteiger partial charge in [-0.05, 0) is 33.2 Å². The molecule has 3 aromatic carbocycles. The molecule has 3 aromatic rings. The van der Waals surface area contributed by atoms with Gasteiger partial charge < -0.3 is 15.9 Å². The fourth-order valence-corrected chi connectivity index (χ4v) is 2.85. The van der Waals surface area contributed by atoms with Gasteiger partial charge in [0.1, 0.15) is 6.10 Å². The van der Waals surface area contributed by atoms with Crippen LogP contribution in [0.3, 0.4) is 0 Å². The van der Waals surface area contributed by atoms with Crippen molar-refractivity contribution in [1.29, 1.82) is 0 Å². The molecule has 4 heteroatoms. The van der Waals surface area contributed by atoms with Gasteiger partial charge in [0.25, 0.3) is 0 Å². The molecule has 2 unspecified atom stereocenters. The van der Waals surface area contributed by atoms with Crippen LogP contribution in [-0.4, -0.2) is 22.2 Å². The van der Waals surface area contributed by atoms with E-state index >= 15 is 0 Å². The molecule has 0 aromatic heterocycles. The fraction of sp³-hybridized carbons (Fsp3) is 0.167. The number of rotatable bonds is 4. The predicted octanol–water partition coefficient (Wildman–Crippen LogP) is 2.26. The maximum absolute atomic E-state index is 11.0. The highest BCUT2D eigenvalue weighted by atomic mass is 16.3. The summed E-state index contributed by atoms with van der Waals surface area (Å²) in [6.07, 6.45) is -2.66. The summed E-state index contributed by atoms with van der Waals surface area (Å²) >= 11 is 0. The molecule has 0 saturated carbocycles. The van der Waals surface area contributed by atoms with E-state index in [-0.39, 0.29) is 6.42 Å². The molecule has 0 radical (unpaired) electrons. The van der Waals surface area contributed by atoms with Crippen LogP contribution in [0.5, 0.6) is 0 Å². The predicted molar refractivity (Wildman–Crippen MR) is 86.2 cm³/mol. The van der Waals surface area contributed by atoms with Gasteiger partial charge >= 0.3 is 0 Å². The monoisotopic (exact) mass is 295 g/mol. The van der Waals surface area contributed by atoms with E-state index in [0.29, 0.717) is 5.56 Å². The lowest BCUT2D eigenvalue weighted by Gasteiger charge is -2.20. The molecule has 4 N–H and O–H groups in total. The highest BCUT2D eigenvalue weighted by molar-refractivity contribution is 6.09. The second kappa shape index (κ2) is 5.75. The van der Waals surface area contributed by atoms with Crippen LogP contribution < -0.4 is 5.73 Å². The van der Waals surface area contributed by atoms with Crippen LogP contribution in [0.1, 0.15) is 18.1 Å². The maximum atomic E-state index is 11.0. The number of hydrogen-bond donors (Lipinski definition) is 3. The van der Waals surface area contributed by atoms with Gasteiger partial charge in [-0.2, -0.15) is 0 Å². The highest BCUT2D eigenvalue weighted by Gasteiger charge is 2.22. The van der Waals surface area contributed by atoms with Crippen molar-refractivity contribution in [3.05, 3.63) is 60.2 Å². The molecule has 0 bridgehead atoms. The lowest BCUT2D eigenvalue weighted by Crippen LogP contribution is -2.25. The third kappa shape index (κ3) is 2.54. The van der Waals surface area contributed by atoms with Crippen LogP contribution in [0.25, 0.3) is 21.5 Å². The lowest BCUT2D eigenvalue weighted by molar-refractivity contribution is -0.121. The Balaban J connectivity index is 2.21. The van der Waals surface area contributed by atoms with Crippen LogP contribution >= 0.6 is 0 Å². The average molecular weight is 295 g/mol. The molecule has 2 atom stereocenters. The maximum Gasteiger partial charge on any atom is 0.220 e. The minimum absolute atomic E-state index is 0.275. The molecule has 0 spiro atoms. The Morgan fingerprint density at radius 2 is 1.55 bits per heavy atom. The summed E-state index contributed by atoms with van der Waals surface area (Å²) in [5.74, 6) is -0.642. The first-order valence-corrected chi connectivity index (χ1v) is 7.13. The third-order valence-corrected chi connectivity index (χ3v) is 3.89. The molecule has 0 aliphatic heterocycles. The molecule has 1 amide bonds. The summed E-state index contributed by atoms with van der Waals surface area (Å²) < 4.78 is 0. The zero-order valence-electron chi connectivity index (χ0n) is 11.9. The number of nitrogens with two attached hydrogens (primary N) is 1. The number of hydrogen-bond acceptors (Lipinski definition) is 3. The highest BCUT2D eigenvalue weighted by Crippen LogP contribution is 2.33. The van der Waals surface area contributed by atoms with E-state index in [0.717, 1.165) is 21.5 Å². The van der Waals surface area contributed by atoms with E-state index in [4.69, 9.17) is 5.73 Å². The summed E-state index contributed by atoms with van der Waals surface area (Å²) in [5.41, 5.74) is 5.70. The summed E-state index contributed by atoms with van der Waals surface area (Å²) in [4.78, 5) is 11.0. The molecule has 3 rings (SSSR count). The van der Waals surface area contributed by atoms with E-state index in [1.807, 2.05) is 54.6 Å². The van der Waals surface area contributed by atoms with Crippen LogP contribution in [0.4, 0.5) is 0 Å². The number of fused-ring (bicyclic) bond motifs is 3. The Bertz CT molecular complexity index is 844. The van der Waals surface area contributed by atoms with E-state index in [2.05, 4.69) is 0 Å². The fourth-order valence-electron chi connectivity index (χ4n) is 2.85. The average Bonchev–Trinajstić information content (AvgIpc) is 2.52. The number of primary amides is 1. The Hall–Kier alpha value is -2.43. The molecule has 4 nitrogen and oxygen atoms in total. The van der Waals surface area contributed by atoms with Crippen LogP contribution in [-0.2, 0) is 4.79 Å². The largest absolute Gasteiger partial charge is 0.390 e. The third-order valence-electron chi connectivity index (χ3n) is 3.89. The first-order chi connectivity index (χ1) is 10.6. The molecule has 0 heterocycles. The zero-order valence-corrected chi connectivity index (χ0v) is 11.9. The Kier molecular flexibility index (Phi) is 3.79. The van der Waals surface area contributed by atoms with E-state index < -0.39 is 18.1 Å². The molecule has 0 fully saturated rings. The quantitative estimate of drug-likeness (QED) is 0.646. The molecular formula is C18H17NO3. The first kappa shape index (κ1) is 14.5. The SMILES string of the molecule is NC(=O)CC(O)C(O)c1cc2ccccc2c2ccccc12. The van der Waals surface area contributed by atoms with Crippen LogP contribution in [0.15, 0.2) is 54.6 Å². The number of benzene rings is 3. The van der Waals surface area contributed by atoms with E-state index in [1.165, 1.54) is 0 Å². The minimum atomic E-state index is -1.22. The normalized spacial score (nSPS) is 14.1. The zero-order chi connectivity index (χ0) is 15.7. The van der Waals surface area contributed by atoms with Gasteiger partial charge in [-0.15, -0.1) is 0 Å². The Morgan fingerprint density at radius 3 is 2.23 bits per heavy atom. The van der Waals surface area contributed by atoms with Crippen molar-refractivity contribution in [2.75, 3.05) is 0 Å². The van der Waals surface area contributed by atoms with Crippen molar-refractivity contribution in [3.8, 4) is 0 Å². The molecule has 0 aliphatic carbocycles. The lowest BCUT2D eigenvalue weighted by atomic mass is 9.92. The van der Waals surface area contributed by atoms with Crippen molar-refractivity contribution in [2.24, 2.45) is 5.73 Å². The molecule has 22 heavy (non-hydrogen) atoms.